The van der Waals surface area contributed by atoms with Crippen LogP contribution in [0.25, 0.3) is 0 Å². The molecular formula is C21H19Cl2N3O5. The molecule has 0 saturated carbocycles. The van der Waals surface area contributed by atoms with Crippen LogP contribution in [0.2, 0.25) is 10.0 Å². The summed E-state index contributed by atoms with van der Waals surface area (Å²) in [5, 5.41) is 3.49. The highest BCUT2D eigenvalue weighted by Crippen LogP contribution is 2.35. The zero-order chi connectivity index (χ0) is 22.4. The molecule has 0 aliphatic carbocycles. The Hall–Kier alpha value is -3.10. The Balaban J connectivity index is 1.69. The van der Waals surface area contributed by atoms with Crippen molar-refractivity contribution in [3.8, 4) is 5.75 Å². The van der Waals surface area contributed by atoms with E-state index in [1.807, 2.05) is 0 Å². The van der Waals surface area contributed by atoms with Crippen molar-refractivity contribution in [2.24, 2.45) is 4.99 Å². The summed E-state index contributed by atoms with van der Waals surface area (Å²) in [6, 6.07) is 10.4. The lowest BCUT2D eigenvalue weighted by atomic mass is 10.2. The molecule has 162 valence electrons. The molecule has 0 unspecified atom stereocenters. The number of fused-ring (bicyclic) bond motifs is 1. The van der Waals surface area contributed by atoms with Crippen LogP contribution >= 0.6 is 23.2 Å². The van der Waals surface area contributed by atoms with Crippen molar-refractivity contribution in [3.05, 3.63) is 52.0 Å². The van der Waals surface area contributed by atoms with Crippen LogP contribution in [0.1, 0.15) is 12.5 Å². The fourth-order valence-electron chi connectivity index (χ4n) is 2.78. The van der Waals surface area contributed by atoms with Gasteiger partial charge in [0.15, 0.2) is 13.2 Å². The van der Waals surface area contributed by atoms with Crippen LogP contribution in [-0.4, -0.2) is 50.3 Å². The van der Waals surface area contributed by atoms with Crippen molar-refractivity contribution < 1.29 is 23.9 Å². The molecule has 0 radical (unpaired) electrons. The molecule has 8 nitrogen and oxygen atoms in total. The van der Waals surface area contributed by atoms with E-state index in [4.69, 9.17) is 27.9 Å². The lowest BCUT2D eigenvalue weighted by Gasteiger charge is -2.29. The largest absolute Gasteiger partial charge is 0.482 e. The number of halogens is 2. The monoisotopic (exact) mass is 463 g/mol. The van der Waals surface area contributed by atoms with Crippen LogP contribution in [0.4, 0.5) is 11.4 Å². The van der Waals surface area contributed by atoms with Gasteiger partial charge in [-0.05, 0) is 35.9 Å². The Kier molecular flexibility index (Phi) is 7.49. The number of aliphatic imine (C=N–C) groups is 1. The van der Waals surface area contributed by atoms with E-state index in [-0.39, 0.29) is 32.2 Å². The van der Waals surface area contributed by atoms with Crippen molar-refractivity contribution in [3.63, 3.8) is 0 Å². The molecule has 1 aliphatic heterocycles. The molecule has 0 fully saturated rings. The Morgan fingerprint density at radius 3 is 2.77 bits per heavy atom. The minimum absolute atomic E-state index is 0.0969. The summed E-state index contributed by atoms with van der Waals surface area (Å²) < 4.78 is 10.1. The number of benzene rings is 2. The second kappa shape index (κ2) is 10.3. The Labute approximate surface area is 188 Å². The molecule has 0 atom stereocenters. The molecule has 0 spiro atoms. The standard InChI is InChI=1S/C21H19Cl2N3O5/c1-13(27)30-11-20(28)24-6-7-26-18-9-15(3-5-19(18)31-12-21(26)29)25-10-14-2-4-16(22)17(23)8-14/h2-5,8-10H,6-7,11-12H2,1H3,(H,24,28). The second-order valence-electron chi connectivity index (χ2n) is 6.55. The quantitative estimate of drug-likeness (QED) is 0.502. The number of anilines is 1. The molecule has 0 bridgehead atoms. The van der Waals surface area contributed by atoms with E-state index in [0.29, 0.717) is 27.2 Å². The van der Waals surface area contributed by atoms with Crippen molar-refractivity contribution in [1.82, 2.24) is 5.32 Å². The van der Waals surface area contributed by atoms with Gasteiger partial charge < -0.3 is 19.7 Å². The van der Waals surface area contributed by atoms with Gasteiger partial charge in [0.2, 0.25) is 0 Å². The molecule has 10 heteroatoms. The average Bonchev–Trinajstić information content (AvgIpc) is 2.74. The van der Waals surface area contributed by atoms with Gasteiger partial charge in [0.05, 0.1) is 21.4 Å². The molecule has 3 rings (SSSR count). The number of carbonyl (C=O) groups is 3. The molecular weight excluding hydrogens is 445 g/mol. The summed E-state index contributed by atoms with van der Waals surface area (Å²) in [5.41, 5.74) is 1.92. The van der Waals surface area contributed by atoms with E-state index in [1.165, 1.54) is 11.8 Å². The number of nitrogens with zero attached hydrogens (tertiary/aromatic N) is 2. The number of nitrogens with one attached hydrogen (secondary N) is 1. The van der Waals surface area contributed by atoms with Gasteiger partial charge >= 0.3 is 5.97 Å². The zero-order valence-electron chi connectivity index (χ0n) is 16.6. The van der Waals surface area contributed by atoms with Gasteiger partial charge in [-0.25, -0.2) is 0 Å². The van der Waals surface area contributed by atoms with Gasteiger partial charge in [-0.15, -0.1) is 0 Å². The lowest BCUT2D eigenvalue weighted by Crippen LogP contribution is -2.43. The van der Waals surface area contributed by atoms with Gasteiger partial charge in [-0.3, -0.25) is 19.4 Å². The Morgan fingerprint density at radius 2 is 2.03 bits per heavy atom. The third-order valence-electron chi connectivity index (χ3n) is 4.26. The summed E-state index contributed by atoms with van der Waals surface area (Å²) in [4.78, 5) is 40.7. The summed E-state index contributed by atoms with van der Waals surface area (Å²) in [6.45, 7) is 1.16. The predicted molar refractivity (Wildman–Crippen MR) is 118 cm³/mol. The SMILES string of the molecule is CC(=O)OCC(=O)NCCN1C(=O)COc2ccc(N=Cc3ccc(Cl)c(Cl)c3)cc21. The molecule has 2 aromatic rings. The van der Waals surface area contributed by atoms with Crippen LogP contribution < -0.4 is 15.0 Å². The van der Waals surface area contributed by atoms with Gasteiger partial charge in [-0.1, -0.05) is 29.3 Å². The highest BCUT2D eigenvalue weighted by molar-refractivity contribution is 6.42. The van der Waals surface area contributed by atoms with E-state index in [2.05, 4.69) is 15.0 Å². The molecule has 1 aliphatic rings. The molecule has 0 aromatic heterocycles. The number of rotatable bonds is 7. The molecule has 2 aromatic carbocycles. The van der Waals surface area contributed by atoms with Crippen LogP contribution in [-0.2, 0) is 19.1 Å². The third kappa shape index (κ3) is 6.19. The van der Waals surface area contributed by atoms with E-state index >= 15 is 0 Å². The zero-order valence-corrected chi connectivity index (χ0v) is 18.1. The Bertz CT molecular complexity index is 1040. The number of hydrogen-bond acceptors (Lipinski definition) is 6. The molecule has 1 heterocycles. The number of carbonyl (C=O) groups excluding carboxylic acids is 3. The van der Waals surface area contributed by atoms with E-state index in [9.17, 15) is 14.4 Å². The van der Waals surface area contributed by atoms with E-state index in [0.717, 1.165) is 5.56 Å². The topological polar surface area (TPSA) is 97.3 Å². The highest BCUT2D eigenvalue weighted by atomic mass is 35.5. The Morgan fingerprint density at radius 1 is 1.23 bits per heavy atom. The van der Waals surface area contributed by atoms with E-state index in [1.54, 1.807) is 42.6 Å². The van der Waals surface area contributed by atoms with Crippen LogP contribution in [0.15, 0.2) is 41.4 Å². The van der Waals surface area contributed by atoms with Gasteiger partial charge in [0.25, 0.3) is 11.8 Å². The number of hydrogen-bond donors (Lipinski definition) is 1. The summed E-state index contributed by atoms with van der Waals surface area (Å²) in [6.07, 6.45) is 1.63. The summed E-state index contributed by atoms with van der Waals surface area (Å²) in [5.74, 6) is -0.691. The van der Waals surface area contributed by atoms with E-state index < -0.39 is 11.9 Å². The van der Waals surface area contributed by atoms with Gasteiger partial charge in [0.1, 0.15) is 5.75 Å². The first-order chi connectivity index (χ1) is 14.8. The third-order valence-corrected chi connectivity index (χ3v) is 5.00. The predicted octanol–water partition coefficient (Wildman–Crippen LogP) is 3.15. The molecule has 31 heavy (non-hydrogen) atoms. The van der Waals surface area contributed by atoms with Gasteiger partial charge in [-0.2, -0.15) is 0 Å². The first-order valence-electron chi connectivity index (χ1n) is 9.30. The van der Waals surface area contributed by atoms with Crippen molar-refractivity contribution >= 4 is 58.6 Å². The smallest absolute Gasteiger partial charge is 0.303 e. The van der Waals surface area contributed by atoms with Crippen LogP contribution in [0, 0.1) is 0 Å². The first kappa shape index (κ1) is 22.6. The second-order valence-corrected chi connectivity index (χ2v) is 7.36. The fraction of sp³-hybridized carbons (Fsp3) is 0.238. The number of esters is 1. The van der Waals surface area contributed by atoms with Crippen molar-refractivity contribution in [2.45, 2.75) is 6.92 Å². The van der Waals surface area contributed by atoms with Crippen LogP contribution in [0.5, 0.6) is 5.75 Å². The maximum Gasteiger partial charge on any atom is 0.303 e. The average molecular weight is 464 g/mol. The number of ether oxygens (including phenoxy) is 2. The minimum Gasteiger partial charge on any atom is -0.482 e. The van der Waals surface area contributed by atoms with Crippen LogP contribution in [0.3, 0.4) is 0 Å². The summed E-state index contributed by atoms with van der Waals surface area (Å²) in [7, 11) is 0. The molecule has 0 saturated heterocycles. The maximum atomic E-state index is 12.4. The summed E-state index contributed by atoms with van der Waals surface area (Å²) >= 11 is 11.9. The normalized spacial score (nSPS) is 13.0. The lowest BCUT2D eigenvalue weighted by molar-refractivity contribution is -0.146. The first-order valence-corrected chi connectivity index (χ1v) is 10.1. The number of amides is 2. The maximum absolute atomic E-state index is 12.4. The van der Waals surface area contributed by atoms with Crippen molar-refractivity contribution in [2.75, 3.05) is 31.2 Å². The highest BCUT2D eigenvalue weighted by Gasteiger charge is 2.25. The fourth-order valence-corrected chi connectivity index (χ4v) is 3.09. The molecule has 2 amide bonds. The van der Waals surface area contributed by atoms with Crippen molar-refractivity contribution in [1.29, 1.82) is 0 Å². The molecule has 1 N–H and O–H groups in total. The minimum atomic E-state index is -0.540. The van der Waals surface area contributed by atoms with Gasteiger partial charge in [0, 0.05) is 26.2 Å².